The van der Waals surface area contributed by atoms with Crippen LogP contribution < -0.4 is 9.46 Å². The molecule has 0 unspecified atom stereocenters. The molecule has 6 heteroatoms. The zero-order valence-electron chi connectivity index (χ0n) is 11.4. The summed E-state index contributed by atoms with van der Waals surface area (Å²) in [5.41, 5.74) is 1.56. The van der Waals surface area contributed by atoms with Gasteiger partial charge < -0.3 is 10.4 Å². The van der Waals surface area contributed by atoms with Crippen LogP contribution in [-0.4, -0.2) is 9.97 Å². The number of benzene rings is 2. The highest BCUT2D eigenvalue weighted by molar-refractivity contribution is 5.75. The smallest absolute Gasteiger partial charge is 0.404 e. The lowest BCUT2D eigenvalue weighted by Crippen LogP contribution is -2.40. The first-order valence-corrected chi connectivity index (χ1v) is 6.72. The van der Waals surface area contributed by atoms with E-state index in [-0.39, 0.29) is 16.7 Å². The Bertz CT molecular complexity index is 1000. The van der Waals surface area contributed by atoms with Gasteiger partial charge in [-0.25, -0.2) is 9.71 Å². The summed E-state index contributed by atoms with van der Waals surface area (Å²) < 4.78 is 1.36. The van der Waals surface area contributed by atoms with Gasteiger partial charge in [-0.05, 0) is 23.2 Å². The summed E-state index contributed by atoms with van der Waals surface area (Å²) in [5.74, 6) is 0.410. The zero-order valence-corrected chi connectivity index (χ0v) is 11.4. The lowest BCUT2D eigenvalue weighted by atomic mass is 10.2. The van der Waals surface area contributed by atoms with Crippen molar-refractivity contribution in [2.75, 3.05) is 0 Å². The summed E-state index contributed by atoms with van der Waals surface area (Å²) in [4.78, 5) is 8.48. The van der Waals surface area contributed by atoms with E-state index in [1.165, 1.54) is 6.20 Å². The summed E-state index contributed by atoms with van der Waals surface area (Å²) in [6, 6.07) is 15.9. The molecule has 0 aliphatic carbocycles. The molecular formula is C16H10N4O2. The number of nitrogens with zero attached hydrogens (tertiary/aromatic N) is 4. The van der Waals surface area contributed by atoms with Crippen molar-refractivity contribution in [1.29, 1.82) is 0 Å². The lowest BCUT2D eigenvalue weighted by molar-refractivity contribution is -0.592. The maximum absolute atomic E-state index is 12.5. The molecule has 2 aromatic carbocycles. The maximum Gasteiger partial charge on any atom is 0.404 e. The minimum absolute atomic E-state index is 0.0579. The fraction of sp³-hybridized carbons (Fsp3) is 0. The molecule has 0 N–H and O–H groups in total. The molecule has 4 aromatic rings. The number of fused-ring (bicyclic) bond motifs is 2. The third kappa shape index (κ3) is 1.74. The second kappa shape index (κ2) is 4.63. The summed E-state index contributed by atoms with van der Waals surface area (Å²) in [6.45, 7) is 0. The van der Waals surface area contributed by atoms with E-state index in [1.54, 1.807) is 24.3 Å². The van der Waals surface area contributed by atoms with E-state index >= 15 is 0 Å². The van der Waals surface area contributed by atoms with E-state index in [4.69, 9.17) is 0 Å². The number of hydrogen-bond donors (Lipinski definition) is 0. The van der Waals surface area contributed by atoms with Gasteiger partial charge in [0.1, 0.15) is 6.20 Å². The molecule has 22 heavy (non-hydrogen) atoms. The number of rotatable bonds is 1. The van der Waals surface area contributed by atoms with Gasteiger partial charge in [-0.1, -0.05) is 30.3 Å². The SMILES string of the molecule is [O-][n+]1c2ccccc2[n+]([O-])c2nc(-c3ccccc3)ncc21. The van der Waals surface area contributed by atoms with Crippen LogP contribution >= 0.6 is 0 Å². The number of hydrogen-bond acceptors (Lipinski definition) is 4. The fourth-order valence-corrected chi connectivity index (χ4v) is 2.44. The molecule has 2 aromatic heterocycles. The zero-order chi connectivity index (χ0) is 15.1. The van der Waals surface area contributed by atoms with Crippen molar-refractivity contribution >= 4 is 22.2 Å². The second-order valence-corrected chi connectivity index (χ2v) is 4.85. The number of aromatic nitrogens is 4. The molecule has 0 bridgehead atoms. The van der Waals surface area contributed by atoms with Gasteiger partial charge in [0.15, 0.2) is 0 Å². The predicted octanol–water partition coefficient (Wildman–Crippen LogP) is 1.72. The molecule has 0 spiro atoms. The van der Waals surface area contributed by atoms with Gasteiger partial charge in [-0.3, -0.25) is 0 Å². The van der Waals surface area contributed by atoms with Gasteiger partial charge in [0.2, 0.25) is 5.52 Å². The van der Waals surface area contributed by atoms with Gasteiger partial charge in [-0.15, -0.1) is 0 Å². The van der Waals surface area contributed by atoms with Gasteiger partial charge in [0.05, 0.1) is 0 Å². The van der Waals surface area contributed by atoms with Crippen LogP contribution in [0.2, 0.25) is 0 Å². The second-order valence-electron chi connectivity index (χ2n) is 4.85. The molecule has 0 amide bonds. The highest BCUT2D eigenvalue weighted by Crippen LogP contribution is 2.16. The Morgan fingerprint density at radius 2 is 1.36 bits per heavy atom. The van der Waals surface area contributed by atoms with E-state index in [0.29, 0.717) is 20.8 Å². The van der Waals surface area contributed by atoms with Crippen molar-refractivity contribution in [3.8, 4) is 11.4 Å². The van der Waals surface area contributed by atoms with Crippen LogP contribution in [0.4, 0.5) is 0 Å². The molecule has 0 aliphatic heterocycles. The molecule has 0 fully saturated rings. The van der Waals surface area contributed by atoms with Crippen molar-refractivity contribution in [2.45, 2.75) is 0 Å². The first kappa shape index (κ1) is 12.5. The summed E-state index contributed by atoms with van der Waals surface area (Å²) in [7, 11) is 0. The predicted molar refractivity (Wildman–Crippen MR) is 80.4 cm³/mol. The van der Waals surface area contributed by atoms with E-state index in [2.05, 4.69) is 9.97 Å². The van der Waals surface area contributed by atoms with Crippen LogP contribution in [0.15, 0.2) is 60.8 Å². The molecule has 0 saturated carbocycles. The molecule has 0 atom stereocenters. The molecule has 0 aliphatic rings. The van der Waals surface area contributed by atoms with E-state index < -0.39 is 0 Å². The van der Waals surface area contributed by atoms with E-state index in [9.17, 15) is 10.4 Å². The molecule has 2 heterocycles. The van der Waals surface area contributed by atoms with Crippen LogP contribution in [0.25, 0.3) is 33.6 Å². The Balaban J connectivity index is 2.08. The van der Waals surface area contributed by atoms with Crippen molar-refractivity contribution in [3.05, 3.63) is 71.2 Å². The Hall–Kier alpha value is -3.28. The largest absolute Gasteiger partial charge is 0.710 e. The summed E-state index contributed by atoms with van der Waals surface area (Å²) >= 11 is 0. The van der Waals surface area contributed by atoms with Gasteiger partial charge in [0.25, 0.3) is 11.3 Å². The van der Waals surface area contributed by atoms with Gasteiger partial charge in [-0.2, -0.15) is 4.73 Å². The van der Waals surface area contributed by atoms with Crippen molar-refractivity contribution in [1.82, 2.24) is 9.97 Å². The van der Waals surface area contributed by atoms with Crippen molar-refractivity contribution in [2.24, 2.45) is 0 Å². The lowest BCUT2D eigenvalue weighted by Gasteiger charge is -2.09. The normalized spacial score (nSPS) is 11.1. The third-order valence-electron chi connectivity index (χ3n) is 3.51. The molecule has 6 nitrogen and oxygen atoms in total. The Kier molecular flexibility index (Phi) is 2.62. The fourth-order valence-electron chi connectivity index (χ4n) is 2.44. The van der Waals surface area contributed by atoms with Crippen molar-refractivity contribution < 1.29 is 9.46 Å². The number of para-hydroxylation sites is 2. The topological polar surface area (TPSA) is 79.7 Å². The Labute approximate surface area is 125 Å². The van der Waals surface area contributed by atoms with Crippen LogP contribution in [0, 0.1) is 10.4 Å². The third-order valence-corrected chi connectivity index (χ3v) is 3.51. The summed E-state index contributed by atoms with van der Waals surface area (Å²) in [6.07, 6.45) is 1.39. The summed E-state index contributed by atoms with van der Waals surface area (Å²) in [5, 5.41) is 24.9. The molecule has 0 radical (unpaired) electrons. The molecule has 0 saturated heterocycles. The highest BCUT2D eigenvalue weighted by Gasteiger charge is 2.23. The average Bonchev–Trinajstić information content (AvgIpc) is 2.60. The monoisotopic (exact) mass is 290 g/mol. The minimum atomic E-state index is 0.0579. The molecule has 4 rings (SSSR count). The first-order valence-electron chi connectivity index (χ1n) is 6.72. The quantitative estimate of drug-likeness (QED) is 0.304. The van der Waals surface area contributed by atoms with Gasteiger partial charge >= 0.3 is 11.2 Å². The first-order chi connectivity index (χ1) is 10.8. The molecule has 106 valence electrons. The highest BCUT2D eigenvalue weighted by atomic mass is 16.5. The average molecular weight is 290 g/mol. The maximum atomic E-state index is 12.5. The Morgan fingerprint density at radius 1 is 0.727 bits per heavy atom. The minimum Gasteiger partial charge on any atom is -0.710 e. The van der Waals surface area contributed by atoms with Gasteiger partial charge in [0, 0.05) is 11.6 Å². The standard InChI is InChI=1S/C16H10N4O2/c21-19-12-8-4-5-9-13(12)20(22)16-14(19)10-17-15(18-16)11-6-2-1-3-7-11/h1-10H. The van der Waals surface area contributed by atoms with Crippen LogP contribution in [-0.2, 0) is 0 Å². The van der Waals surface area contributed by atoms with E-state index in [0.717, 1.165) is 5.56 Å². The van der Waals surface area contributed by atoms with Crippen molar-refractivity contribution in [3.63, 3.8) is 0 Å². The Morgan fingerprint density at radius 3 is 2.09 bits per heavy atom. The molecular weight excluding hydrogens is 280 g/mol. The van der Waals surface area contributed by atoms with Crippen LogP contribution in [0.1, 0.15) is 0 Å². The van der Waals surface area contributed by atoms with E-state index in [1.807, 2.05) is 30.3 Å². The van der Waals surface area contributed by atoms with Crippen LogP contribution in [0.3, 0.4) is 0 Å². The van der Waals surface area contributed by atoms with Crippen LogP contribution in [0.5, 0.6) is 0 Å².